The fourth-order valence-electron chi connectivity index (χ4n) is 1.21. The molecular weight excluding hydrogens is 190 g/mol. The van der Waals surface area contributed by atoms with Gasteiger partial charge in [0.1, 0.15) is 0 Å². The molecule has 0 unspecified atom stereocenters. The Morgan fingerprint density at radius 2 is 2.00 bits per heavy atom. The molecule has 0 atom stereocenters. The third-order valence-corrected chi connectivity index (χ3v) is 1.90. The predicted octanol–water partition coefficient (Wildman–Crippen LogP) is 2.87. The minimum atomic E-state index is 0.601. The topological polar surface area (TPSA) is 42.3 Å². The van der Waals surface area contributed by atoms with Crippen molar-refractivity contribution in [2.45, 2.75) is 20.3 Å². The van der Waals surface area contributed by atoms with Crippen molar-refractivity contribution < 1.29 is 9.47 Å². The number of benzene rings is 1. The van der Waals surface area contributed by atoms with Crippen LogP contribution in [-0.2, 0) is 0 Å². The summed E-state index contributed by atoms with van der Waals surface area (Å²) in [4.78, 5) is 0. The van der Waals surface area contributed by atoms with Gasteiger partial charge in [0, 0.05) is 6.21 Å². The molecule has 0 aromatic heterocycles. The number of hydrogen-bond acceptors (Lipinski definition) is 3. The molecule has 0 fully saturated rings. The van der Waals surface area contributed by atoms with Crippen molar-refractivity contribution in [2.24, 2.45) is 0 Å². The van der Waals surface area contributed by atoms with Crippen molar-refractivity contribution in [1.82, 2.24) is 0 Å². The summed E-state index contributed by atoms with van der Waals surface area (Å²) in [7, 11) is 0. The zero-order chi connectivity index (χ0) is 11.1. The monoisotopic (exact) mass is 207 g/mol. The van der Waals surface area contributed by atoms with Crippen LogP contribution in [0.15, 0.2) is 18.2 Å². The van der Waals surface area contributed by atoms with Crippen LogP contribution in [0.3, 0.4) is 0 Å². The smallest absolute Gasteiger partial charge is 0.161 e. The molecule has 3 nitrogen and oxygen atoms in total. The molecule has 82 valence electrons. The summed E-state index contributed by atoms with van der Waals surface area (Å²) in [6, 6.07) is 5.52. The molecule has 3 heteroatoms. The van der Waals surface area contributed by atoms with E-state index in [9.17, 15) is 0 Å². The molecule has 15 heavy (non-hydrogen) atoms. The highest BCUT2D eigenvalue weighted by molar-refractivity contribution is 5.78. The zero-order valence-electron chi connectivity index (χ0n) is 9.25. The molecule has 0 radical (unpaired) electrons. The number of ether oxygens (including phenoxy) is 2. The average molecular weight is 207 g/mol. The van der Waals surface area contributed by atoms with Crippen LogP contribution in [0.4, 0.5) is 0 Å². The normalized spacial score (nSPS) is 9.73. The third kappa shape index (κ3) is 3.27. The van der Waals surface area contributed by atoms with E-state index in [1.54, 1.807) is 0 Å². The van der Waals surface area contributed by atoms with Gasteiger partial charge < -0.3 is 14.9 Å². The molecule has 0 saturated heterocycles. The van der Waals surface area contributed by atoms with E-state index in [2.05, 4.69) is 6.92 Å². The van der Waals surface area contributed by atoms with Gasteiger partial charge in [0.15, 0.2) is 11.5 Å². The Morgan fingerprint density at radius 3 is 2.60 bits per heavy atom. The van der Waals surface area contributed by atoms with E-state index in [0.29, 0.717) is 19.0 Å². The second-order valence-corrected chi connectivity index (χ2v) is 3.13. The van der Waals surface area contributed by atoms with Gasteiger partial charge in [-0.2, -0.15) is 0 Å². The molecular formula is C12H17NO2. The Bertz CT molecular complexity index is 323. The van der Waals surface area contributed by atoms with E-state index >= 15 is 0 Å². The summed E-state index contributed by atoms with van der Waals surface area (Å²) in [6.07, 6.45) is 2.27. The van der Waals surface area contributed by atoms with Crippen LogP contribution in [0, 0.1) is 5.41 Å². The second kappa shape index (κ2) is 6.06. The molecule has 1 rings (SSSR count). The SMILES string of the molecule is CCCOc1ccc(C=N)cc1OCC. The Kier molecular flexibility index (Phi) is 4.68. The number of hydrogen-bond donors (Lipinski definition) is 1. The van der Waals surface area contributed by atoms with Crippen molar-refractivity contribution >= 4 is 6.21 Å². The Labute approximate surface area is 90.5 Å². The summed E-state index contributed by atoms with van der Waals surface area (Å²) in [5, 5.41) is 7.16. The quantitative estimate of drug-likeness (QED) is 0.729. The first-order valence-corrected chi connectivity index (χ1v) is 5.22. The van der Waals surface area contributed by atoms with E-state index in [1.165, 1.54) is 6.21 Å². The fraction of sp³-hybridized carbons (Fsp3) is 0.417. The lowest BCUT2D eigenvalue weighted by Crippen LogP contribution is -2.00. The Balaban J connectivity index is 2.87. The lowest BCUT2D eigenvalue weighted by molar-refractivity contribution is 0.277. The lowest BCUT2D eigenvalue weighted by atomic mass is 10.2. The molecule has 0 saturated carbocycles. The Morgan fingerprint density at radius 1 is 1.20 bits per heavy atom. The lowest BCUT2D eigenvalue weighted by Gasteiger charge is -2.11. The minimum Gasteiger partial charge on any atom is -0.490 e. The summed E-state index contributed by atoms with van der Waals surface area (Å²) >= 11 is 0. The van der Waals surface area contributed by atoms with Gasteiger partial charge in [-0.1, -0.05) is 6.92 Å². The van der Waals surface area contributed by atoms with Gasteiger partial charge in [0.05, 0.1) is 13.2 Å². The molecule has 0 aliphatic heterocycles. The minimum absolute atomic E-state index is 0.601. The molecule has 1 N–H and O–H groups in total. The first kappa shape index (κ1) is 11.6. The van der Waals surface area contributed by atoms with Crippen LogP contribution in [0.5, 0.6) is 11.5 Å². The molecule has 0 amide bonds. The van der Waals surface area contributed by atoms with Crippen molar-refractivity contribution in [3.63, 3.8) is 0 Å². The highest BCUT2D eigenvalue weighted by atomic mass is 16.5. The summed E-state index contributed by atoms with van der Waals surface area (Å²) < 4.78 is 11.0. The van der Waals surface area contributed by atoms with E-state index in [-0.39, 0.29) is 0 Å². The molecule has 0 aliphatic carbocycles. The van der Waals surface area contributed by atoms with Gasteiger partial charge >= 0.3 is 0 Å². The molecule has 0 aliphatic rings. The van der Waals surface area contributed by atoms with Gasteiger partial charge in [0.2, 0.25) is 0 Å². The largest absolute Gasteiger partial charge is 0.490 e. The van der Waals surface area contributed by atoms with E-state index < -0.39 is 0 Å². The van der Waals surface area contributed by atoms with Crippen LogP contribution in [0.2, 0.25) is 0 Å². The van der Waals surface area contributed by atoms with Crippen LogP contribution >= 0.6 is 0 Å². The zero-order valence-corrected chi connectivity index (χ0v) is 9.25. The molecule has 1 aromatic carbocycles. The summed E-state index contributed by atoms with van der Waals surface area (Å²) in [6.45, 7) is 5.28. The van der Waals surface area contributed by atoms with Crippen LogP contribution in [0.1, 0.15) is 25.8 Å². The predicted molar refractivity (Wildman–Crippen MR) is 61.3 cm³/mol. The fourth-order valence-corrected chi connectivity index (χ4v) is 1.21. The van der Waals surface area contributed by atoms with E-state index in [0.717, 1.165) is 17.7 Å². The first-order chi connectivity index (χ1) is 7.31. The van der Waals surface area contributed by atoms with Crippen molar-refractivity contribution in [1.29, 1.82) is 5.41 Å². The van der Waals surface area contributed by atoms with Crippen molar-refractivity contribution in [3.8, 4) is 11.5 Å². The standard InChI is InChI=1S/C12H17NO2/c1-3-7-15-11-6-5-10(9-13)8-12(11)14-4-2/h5-6,8-9,13H,3-4,7H2,1-2H3. The van der Waals surface area contributed by atoms with Crippen molar-refractivity contribution in [2.75, 3.05) is 13.2 Å². The van der Waals surface area contributed by atoms with Gasteiger partial charge in [-0.3, -0.25) is 0 Å². The van der Waals surface area contributed by atoms with Gasteiger partial charge in [-0.15, -0.1) is 0 Å². The van der Waals surface area contributed by atoms with Gasteiger partial charge in [-0.25, -0.2) is 0 Å². The molecule has 0 bridgehead atoms. The highest BCUT2D eigenvalue weighted by Crippen LogP contribution is 2.28. The van der Waals surface area contributed by atoms with Crippen LogP contribution in [0.25, 0.3) is 0 Å². The maximum atomic E-state index is 7.16. The average Bonchev–Trinajstić information content (AvgIpc) is 2.27. The third-order valence-electron chi connectivity index (χ3n) is 1.90. The number of rotatable bonds is 6. The summed E-state index contributed by atoms with van der Waals surface area (Å²) in [5.74, 6) is 1.47. The highest BCUT2D eigenvalue weighted by Gasteiger charge is 2.04. The van der Waals surface area contributed by atoms with Crippen LogP contribution in [-0.4, -0.2) is 19.4 Å². The van der Waals surface area contributed by atoms with Gasteiger partial charge in [0.25, 0.3) is 0 Å². The molecule has 0 spiro atoms. The first-order valence-electron chi connectivity index (χ1n) is 5.22. The maximum Gasteiger partial charge on any atom is 0.161 e. The van der Waals surface area contributed by atoms with Gasteiger partial charge in [-0.05, 0) is 37.1 Å². The summed E-state index contributed by atoms with van der Waals surface area (Å²) in [5.41, 5.74) is 0.822. The van der Waals surface area contributed by atoms with E-state index in [4.69, 9.17) is 14.9 Å². The maximum absolute atomic E-state index is 7.16. The molecule has 1 aromatic rings. The molecule has 0 heterocycles. The van der Waals surface area contributed by atoms with E-state index in [1.807, 2.05) is 25.1 Å². The second-order valence-electron chi connectivity index (χ2n) is 3.13. The Hall–Kier alpha value is -1.51. The number of nitrogens with one attached hydrogen (secondary N) is 1. The van der Waals surface area contributed by atoms with Crippen LogP contribution < -0.4 is 9.47 Å². The van der Waals surface area contributed by atoms with Crippen molar-refractivity contribution in [3.05, 3.63) is 23.8 Å².